The molecule has 0 aliphatic rings. The van der Waals surface area contributed by atoms with E-state index in [0.29, 0.717) is 13.2 Å². The van der Waals surface area contributed by atoms with Gasteiger partial charge in [-0.2, -0.15) is 4.57 Å². The number of ether oxygens (including phenoxy) is 4. The summed E-state index contributed by atoms with van der Waals surface area (Å²) in [7, 11) is 1.27. The molecule has 0 aromatic carbocycles. The third-order valence-electron chi connectivity index (χ3n) is 7.70. The fourth-order valence-corrected chi connectivity index (χ4v) is 5.65. The van der Waals surface area contributed by atoms with Gasteiger partial charge in [0.1, 0.15) is 12.6 Å². The number of carbonyl (C=O) groups is 2. The zero-order chi connectivity index (χ0) is 31.4. The molecule has 1 heterocycles. The van der Waals surface area contributed by atoms with Crippen LogP contribution in [0.3, 0.4) is 0 Å². The molecule has 1 aromatic rings. The number of unbranched alkanes of at least 4 members (excludes halogenated alkanes) is 16. The highest BCUT2D eigenvalue weighted by molar-refractivity contribution is 7.07. The molecule has 1 unspecified atom stereocenters. The maximum absolute atomic E-state index is 12.9. The second-order valence-electron chi connectivity index (χ2n) is 11.9. The molecule has 43 heavy (non-hydrogen) atoms. The molecule has 0 saturated carbocycles. The van der Waals surface area contributed by atoms with Crippen molar-refractivity contribution in [3.8, 4) is 0 Å². The van der Waals surface area contributed by atoms with Gasteiger partial charge in [-0.25, -0.2) is 9.59 Å². The molecule has 0 spiro atoms. The van der Waals surface area contributed by atoms with Crippen molar-refractivity contribution in [2.75, 3.05) is 33.5 Å². The minimum absolute atomic E-state index is 0.107. The topological polar surface area (TPSA) is 78.2 Å². The summed E-state index contributed by atoms with van der Waals surface area (Å²) in [5, 5.41) is 2.05. The number of nitrogens with zero attached hydrogens (tertiary/aromatic N) is 2. The van der Waals surface area contributed by atoms with Crippen molar-refractivity contribution >= 4 is 23.6 Å². The van der Waals surface area contributed by atoms with Crippen LogP contribution >= 0.6 is 11.3 Å². The van der Waals surface area contributed by atoms with Crippen LogP contribution in [-0.4, -0.2) is 62.8 Å². The van der Waals surface area contributed by atoms with Crippen LogP contribution < -0.4 is 4.57 Å². The van der Waals surface area contributed by atoms with Crippen LogP contribution in [0.4, 0.5) is 9.59 Å². The van der Waals surface area contributed by atoms with E-state index in [4.69, 9.17) is 14.2 Å². The summed E-state index contributed by atoms with van der Waals surface area (Å²) in [6, 6.07) is -0.107. The van der Waals surface area contributed by atoms with Crippen molar-refractivity contribution in [2.45, 2.75) is 155 Å². The van der Waals surface area contributed by atoms with Gasteiger partial charge in [0.05, 0.1) is 32.2 Å². The van der Waals surface area contributed by atoms with Gasteiger partial charge >= 0.3 is 12.2 Å². The highest BCUT2D eigenvalue weighted by atomic mass is 32.1. The Morgan fingerprint density at radius 2 is 1.35 bits per heavy atom. The van der Waals surface area contributed by atoms with Crippen molar-refractivity contribution in [1.29, 1.82) is 0 Å². The second-order valence-corrected chi connectivity index (χ2v) is 12.7. The van der Waals surface area contributed by atoms with Gasteiger partial charge in [0, 0.05) is 19.1 Å². The lowest BCUT2D eigenvalue weighted by molar-refractivity contribution is -0.692. The van der Waals surface area contributed by atoms with Gasteiger partial charge in [0.2, 0.25) is 5.51 Å². The Bertz CT molecular complexity index is 777. The Labute approximate surface area is 266 Å². The number of methoxy groups -OCH3 is 1. The van der Waals surface area contributed by atoms with Crippen LogP contribution in [0.25, 0.3) is 0 Å². The van der Waals surface area contributed by atoms with Gasteiger partial charge in [-0.3, -0.25) is 0 Å². The molecule has 1 amide bonds. The number of aromatic nitrogens is 1. The average Bonchev–Trinajstić information content (AvgIpc) is 3.52. The summed E-state index contributed by atoms with van der Waals surface area (Å²) in [5.41, 5.74) is 2.08. The van der Waals surface area contributed by atoms with E-state index in [-0.39, 0.29) is 25.3 Å². The molecular formula is C34H63N2O6S+. The molecule has 0 aliphatic heterocycles. The number of aryl methyl sites for hydroxylation is 1. The first kappa shape index (κ1) is 39.2. The molecule has 1 aromatic heterocycles. The van der Waals surface area contributed by atoms with Crippen molar-refractivity contribution in [2.24, 2.45) is 0 Å². The summed E-state index contributed by atoms with van der Waals surface area (Å²) in [4.78, 5) is 26.3. The standard InChI is InChI=1S/C34H63N2O6S/c1-5-6-7-8-9-10-11-12-13-14-15-16-17-18-19-21-26-41-33(37)36(31(2)3)28-32(42-34(38)39-4)29-40-25-22-20-23-35-24-27-43-30-35/h24,27,30-32H,5-23,25-26,28-29H2,1-4H3/q+1. The summed E-state index contributed by atoms with van der Waals surface area (Å²) >= 11 is 1.67. The van der Waals surface area contributed by atoms with Crippen LogP contribution in [0.2, 0.25) is 0 Å². The predicted octanol–water partition coefficient (Wildman–Crippen LogP) is 9.09. The zero-order valence-corrected chi connectivity index (χ0v) is 28.7. The van der Waals surface area contributed by atoms with Crippen molar-refractivity contribution in [1.82, 2.24) is 4.90 Å². The van der Waals surface area contributed by atoms with Gasteiger partial charge in [0.15, 0.2) is 6.20 Å². The molecule has 8 nitrogen and oxygen atoms in total. The van der Waals surface area contributed by atoms with E-state index >= 15 is 0 Å². The Kier molecular flexibility index (Phi) is 25.2. The highest BCUT2D eigenvalue weighted by Crippen LogP contribution is 2.14. The molecule has 0 bridgehead atoms. The average molecular weight is 628 g/mol. The first-order valence-corrected chi connectivity index (χ1v) is 18.1. The smallest absolute Gasteiger partial charge is 0.449 e. The fourth-order valence-electron chi connectivity index (χ4n) is 5.02. The lowest BCUT2D eigenvalue weighted by atomic mass is 10.0. The Hall–Kier alpha value is -1.87. The Morgan fingerprint density at radius 3 is 1.86 bits per heavy atom. The van der Waals surface area contributed by atoms with E-state index in [2.05, 4.69) is 33.3 Å². The number of rotatable bonds is 28. The highest BCUT2D eigenvalue weighted by Gasteiger charge is 2.26. The Balaban J connectivity index is 2.15. The van der Waals surface area contributed by atoms with E-state index < -0.39 is 12.3 Å². The molecule has 0 aliphatic carbocycles. The van der Waals surface area contributed by atoms with E-state index in [1.165, 1.54) is 97.0 Å². The number of hydrogen-bond acceptors (Lipinski definition) is 7. The van der Waals surface area contributed by atoms with E-state index in [0.717, 1.165) is 32.2 Å². The molecule has 0 saturated heterocycles. The summed E-state index contributed by atoms with van der Waals surface area (Å²) < 4.78 is 23.6. The first-order valence-electron chi connectivity index (χ1n) is 17.1. The first-order chi connectivity index (χ1) is 21.0. The maximum Gasteiger partial charge on any atom is 0.508 e. The number of carbonyl (C=O) groups excluding carboxylic acids is 2. The monoisotopic (exact) mass is 627 g/mol. The fraction of sp³-hybridized carbons (Fsp3) is 0.853. The molecule has 250 valence electrons. The summed E-state index contributed by atoms with van der Waals surface area (Å²) in [5.74, 6) is 0. The largest absolute Gasteiger partial charge is 0.508 e. The summed E-state index contributed by atoms with van der Waals surface area (Å²) in [6.45, 7) is 8.41. The second kappa shape index (κ2) is 27.7. The lowest BCUT2D eigenvalue weighted by Crippen LogP contribution is -2.45. The minimum atomic E-state index is -0.785. The quantitative estimate of drug-likeness (QED) is 0.0524. The van der Waals surface area contributed by atoms with Gasteiger partial charge in [-0.15, -0.1) is 0 Å². The molecule has 1 atom stereocenters. The van der Waals surface area contributed by atoms with E-state index in [9.17, 15) is 9.59 Å². The molecule has 1 rings (SSSR count). The van der Waals surface area contributed by atoms with Gasteiger partial charge in [-0.1, -0.05) is 115 Å². The molecular weight excluding hydrogens is 564 g/mol. The maximum atomic E-state index is 12.9. The zero-order valence-electron chi connectivity index (χ0n) is 27.9. The lowest BCUT2D eigenvalue weighted by Gasteiger charge is -2.29. The number of hydrogen-bond donors (Lipinski definition) is 0. The van der Waals surface area contributed by atoms with Crippen LogP contribution in [0, 0.1) is 0 Å². The molecule has 0 N–H and O–H groups in total. The van der Waals surface area contributed by atoms with Crippen molar-refractivity contribution in [3.63, 3.8) is 0 Å². The van der Waals surface area contributed by atoms with Gasteiger partial charge < -0.3 is 23.8 Å². The normalized spacial score (nSPS) is 11.9. The van der Waals surface area contributed by atoms with Crippen LogP contribution in [0.1, 0.15) is 136 Å². The third kappa shape index (κ3) is 22.3. The van der Waals surface area contributed by atoms with E-state index in [1.807, 2.05) is 13.8 Å². The predicted molar refractivity (Wildman–Crippen MR) is 175 cm³/mol. The van der Waals surface area contributed by atoms with Crippen molar-refractivity contribution in [3.05, 3.63) is 17.1 Å². The SMILES string of the molecule is CCCCCCCCCCCCCCCCCCOC(=O)N(CC(COCCCC[n+]1ccsc1)OC(=O)OC)C(C)C. The molecule has 0 fully saturated rings. The minimum Gasteiger partial charge on any atom is -0.449 e. The van der Waals surface area contributed by atoms with Gasteiger partial charge in [-0.05, 0) is 26.7 Å². The van der Waals surface area contributed by atoms with Crippen LogP contribution in [0.15, 0.2) is 17.1 Å². The van der Waals surface area contributed by atoms with Crippen LogP contribution in [-0.2, 0) is 25.5 Å². The number of thiazole rings is 1. The molecule has 9 heteroatoms. The number of amides is 1. The summed E-state index contributed by atoms with van der Waals surface area (Å²) in [6.07, 6.45) is 23.1. The van der Waals surface area contributed by atoms with E-state index in [1.54, 1.807) is 16.2 Å². The van der Waals surface area contributed by atoms with Gasteiger partial charge in [0.25, 0.3) is 0 Å². The third-order valence-corrected chi connectivity index (χ3v) is 8.37. The molecule has 0 radical (unpaired) electrons. The van der Waals surface area contributed by atoms with Crippen molar-refractivity contribution < 1.29 is 33.1 Å². The Morgan fingerprint density at radius 1 is 0.791 bits per heavy atom. The van der Waals surface area contributed by atoms with Crippen LogP contribution in [0.5, 0.6) is 0 Å².